The average Bonchev–Trinajstić information content (AvgIpc) is 1.85. The molecule has 0 aromatic rings. The minimum Gasteiger partial charge on any atom is -0.312 e. The second-order valence-electron chi connectivity index (χ2n) is 3.11. The summed E-state index contributed by atoms with van der Waals surface area (Å²) in [6, 6.07) is 0.583. The predicted octanol–water partition coefficient (Wildman–Crippen LogP) is 1.03. The molecule has 1 saturated heterocycles. The van der Waals surface area contributed by atoms with Crippen molar-refractivity contribution in [2.45, 2.75) is 13.0 Å². The van der Waals surface area contributed by atoms with E-state index in [1.807, 2.05) is 0 Å². The van der Waals surface area contributed by atoms with Gasteiger partial charge in [-0.3, -0.25) is 4.90 Å². The van der Waals surface area contributed by atoms with Crippen molar-refractivity contribution in [1.29, 1.82) is 0 Å². The molecule has 3 heteroatoms. The zero-order valence-corrected chi connectivity index (χ0v) is 7.69. The minimum atomic E-state index is 0.583. The van der Waals surface area contributed by atoms with Gasteiger partial charge in [-0.05, 0) is 6.92 Å². The molecule has 0 unspecified atom stereocenters. The summed E-state index contributed by atoms with van der Waals surface area (Å²) in [7, 11) is 0. The highest BCUT2D eigenvalue weighted by Gasteiger charge is 2.14. The van der Waals surface area contributed by atoms with Gasteiger partial charge >= 0.3 is 0 Å². The van der Waals surface area contributed by atoms with Gasteiger partial charge in [0.1, 0.15) is 0 Å². The van der Waals surface area contributed by atoms with Gasteiger partial charge in [0, 0.05) is 37.3 Å². The lowest BCUT2D eigenvalue weighted by Gasteiger charge is -2.31. The molecule has 64 valence electrons. The summed E-state index contributed by atoms with van der Waals surface area (Å²) >= 11 is 5.70. The van der Waals surface area contributed by atoms with E-state index < -0.39 is 0 Å². The van der Waals surface area contributed by atoms with Crippen LogP contribution in [-0.2, 0) is 0 Å². The molecule has 0 radical (unpaired) electrons. The Kier molecular flexibility index (Phi) is 3.37. The van der Waals surface area contributed by atoms with Crippen molar-refractivity contribution >= 4 is 11.6 Å². The van der Waals surface area contributed by atoms with Crippen molar-refractivity contribution in [3.63, 3.8) is 0 Å². The van der Waals surface area contributed by atoms with Crippen molar-refractivity contribution in [2.75, 3.05) is 26.2 Å². The summed E-state index contributed by atoms with van der Waals surface area (Å²) in [6.45, 7) is 9.90. The maximum atomic E-state index is 5.70. The summed E-state index contributed by atoms with van der Waals surface area (Å²) in [6.07, 6.45) is 0. The molecule has 11 heavy (non-hydrogen) atoms. The molecule has 1 N–H and O–H groups in total. The Hall–Kier alpha value is -0.0500. The van der Waals surface area contributed by atoms with E-state index >= 15 is 0 Å². The molecule has 1 heterocycles. The first-order chi connectivity index (χ1) is 5.18. The minimum absolute atomic E-state index is 0.583. The van der Waals surface area contributed by atoms with Gasteiger partial charge in [0.2, 0.25) is 0 Å². The van der Waals surface area contributed by atoms with Gasteiger partial charge in [-0.15, -0.1) is 0 Å². The number of piperazine rings is 1. The Balaban J connectivity index is 2.28. The lowest BCUT2D eigenvalue weighted by Crippen LogP contribution is -2.49. The maximum Gasteiger partial charge on any atom is 0.0336 e. The molecule has 0 spiro atoms. The summed E-state index contributed by atoms with van der Waals surface area (Å²) in [5.74, 6) is 0. The number of nitrogens with zero attached hydrogens (tertiary/aromatic N) is 1. The standard InChI is InChI=1S/C8H15ClN2/c1-7(9)5-11-4-3-10-8(2)6-11/h8,10H,1,3-6H2,2H3/t8-/m1/s1. The number of hydrogen-bond donors (Lipinski definition) is 1. The van der Waals surface area contributed by atoms with Crippen LogP contribution in [0.5, 0.6) is 0 Å². The first-order valence-electron chi connectivity index (χ1n) is 3.97. The molecule has 0 amide bonds. The Labute approximate surface area is 73.2 Å². The molecular weight excluding hydrogens is 160 g/mol. The third kappa shape index (κ3) is 3.23. The lowest BCUT2D eigenvalue weighted by atomic mass is 10.2. The van der Waals surface area contributed by atoms with Crippen LogP contribution in [0.1, 0.15) is 6.92 Å². The first kappa shape index (κ1) is 9.04. The van der Waals surface area contributed by atoms with Crippen LogP contribution in [0, 0.1) is 0 Å². The van der Waals surface area contributed by atoms with E-state index in [1.54, 1.807) is 0 Å². The Bertz CT molecular complexity index is 147. The fourth-order valence-corrected chi connectivity index (χ4v) is 1.57. The molecule has 2 nitrogen and oxygen atoms in total. The zero-order chi connectivity index (χ0) is 8.27. The van der Waals surface area contributed by atoms with E-state index in [-0.39, 0.29) is 0 Å². The summed E-state index contributed by atoms with van der Waals surface area (Å²) < 4.78 is 0. The third-order valence-electron chi connectivity index (χ3n) is 1.85. The van der Waals surface area contributed by atoms with Crippen LogP contribution in [0.15, 0.2) is 11.6 Å². The van der Waals surface area contributed by atoms with Crippen LogP contribution in [-0.4, -0.2) is 37.1 Å². The molecule has 0 aromatic heterocycles. The van der Waals surface area contributed by atoms with Gasteiger partial charge in [-0.25, -0.2) is 0 Å². The molecule has 0 aliphatic carbocycles. The van der Waals surface area contributed by atoms with Crippen molar-refractivity contribution in [3.05, 3.63) is 11.6 Å². The van der Waals surface area contributed by atoms with Gasteiger partial charge in [0.15, 0.2) is 0 Å². The molecule has 1 atom stereocenters. The Morgan fingerprint density at radius 2 is 2.55 bits per heavy atom. The highest BCUT2D eigenvalue weighted by Crippen LogP contribution is 2.04. The second kappa shape index (κ2) is 4.10. The highest BCUT2D eigenvalue weighted by molar-refractivity contribution is 6.29. The van der Waals surface area contributed by atoms with E-state index in [9.17, 15) is 0 Å². The van der Waals surface area contributed by atoms with Gasteiger partial charge in [0.05, 0.1) is 0 Å². The van der Waals surface area contributed by atoms with Crippen molar-refractivity contribution < 1.29 is 0 Å². The summed E-state index contributed by atoms with van der Waals surface area (Å²) in [5, 5.41) is 4.11. The smallest absolute Gasteiger partial charge is 0.0336 e. The van der Waals surface area contributed by atoms with E-state index in [2.05, 4.69) is 23.7 Å². The number of nitrogens with one attached hydrogen (secondary N) is 1. The van der Waals surface area contributed by atoms with Crippen molar-refractivity contribution in [2.24, 2.45) is 0 Å². The normalized spacial score (nSPS) is 26.9. The molecule has 1 aliphatic heterocycles. The maximum absolute atomic E-state index is 5.70. The van der Waals surface area contributed by atoms with Crippen molar-refractivity contribution in [3.8, 4) is 0 Å². The Morgan fingerprint density at radius 3 is 3.09 bits per heavy atom. The van der Waals surface area contributed by atoms with Crippen LogP contribution in [0.2, 0.25) is 0 Å². The summed E-state index contributed by atoms with van der Waals surface area (Å²) in [4.78, 5) is 2.32. The van der Waals surface area contributed by atoms with Crippen LogP contribution >= 0.6 is 11.6 Å². The first-order valence-corrected chi connectivity index (χ1v) is 4.35. The molecule has 1 aliphatic rings. The van der Waals surface area contributed by atoms with Crippen LogP contribution in [0.4, 0.5) is 0 Å². The van der Waals surface area contributed by atoms with Gasteiger partial charge in [-0.2, -0.15) is 0 Å². The predicted molar refractivity (Wildman–Crippen MR) is 48.9 cm³/mol. The quantitative estimate of drug-likeness (QED) is 0.673. The number of halogens is 1. The average molecular weight is 175 g/mol. The van der Waals surface area contributed by atoms with E-state index in [1.165, 1.54) is 0 Å². The SMILES string of the molecule is C=C(Cl)CN1CCN[C@H](C)C1. The lowest BCUT2D eigenvalue weighted by molar-refractivity contribution is 0.225. The van der Waals surface area contributed by atoms with Crippen LogP contribution in [0.25, 0.3) is 0 Å². The van der Waals surface area contributed by atoms with Gasteiger partial charge in [-0.1, -0.05) is 18.2 Å². The molecular formula is C8H15ClN2. The second-order valence-corrected chi connectivity index (χ2v) is 3.64. The van der Waals surface area contributed by atoms with Crippen molar-refractivity contribution in [1.82, 2.24) is 10.2 Å². The molecule has 1 fully saturated rings. The zero-order valence-electron chi connectivity index (χ0n) is 6.94. The molecule has 0 aromatic carbocycles. The molecule has 1 rings (SSSR count). The largest absolute Gasteiger partial charge is 0.312 e. The third-order valence-corrected chi connectivity index (χ3v) is 1.97. The highest BCUT2D eigenvalue weighted by atomic mass is 35.5. The summed E-state index contributed by atoms with van der Waals surface area (Å²) in [5.41, 5.74) is 0. The number of hydrogen-bond acceptors (Lipinski definition) is 2. The van der Waals surface area contributed by atoms with Gasteiger partial charge < -0.3 is 5.32 Å². The van der Waals surface area contributed by atoms with E-state index in [0.29, 0.717) is 6.04 Å². The fourth-order valence-electron chi connectivity index (χ4n) is 1.40. The van der Waals surface area contributed by atoms with E-state index in [0.717, 1.165) is 31.2 Å². The fraction of sp³-hybridized carbons (Fsp3) is 0.750. The van der Waals surface area contributed by atoms with Crippen LogP contribution < -0.4 is 5.32 Å². The molecule has 0 saturated carbocycles. The monoisotopic (exact) mass is 174 g/mol. The molecule has 0 bridgehead atoms. The van der Waals surface area contributed by atoms with Gasteiger partial charge in [0.25, 0.3) is 0 Å². The number of rotatable bonds is 2. The Morgan fingerprint density at radius 1 is 1.82 bits per heavy atom. The van der Waals surface area contributed by atoms with E-state index in [4.69, 9.17) is 11.6 Å². The van der Waals surface area contributed by atoms with Crippen LogP contribution in [0.3, 0.4) is 0 Å². The topological polar surface area (TPSA) is 15.3 Å².